The first-order chi connectivity index (χ1) is 5.35. The van der Waals surface area contributed by atoms with Gasteiger partial charge in [-0.3, -0.25) is 0 Å². The molecule has 1 aliphatic carbocycles. The summed E-state index contributed by atoms with van der Waals surface area (Å²) in [6.07, 6.45) is 8.36. The summed E-state index contributed by atoms with van der Waals surface area (Å²) in [4.78, 5) is 0. The fourth-order valence-electron chi connectivity index (χ4n) is 0.751. The van der Waals surface area contributed by atoms with Crippen molar-refractivity contribution in [2.45, 2.75) is 19.8 Å². The van der Waals surface area contributed by atoms with Gasteiger partial charge in [0.25, 0.3) is 0 Å². The van der Waals surface area contributed by atoms with Gasteiger partial charge < -0.3 is 10.5 Å². The maximum Gasteiger partial charge on any atom is 0.0958 e. The van der Waals surface area contributed by atoms with Gasteiger partial charge in [0.1, 0.15) is 0 Å². The second-order valence-electron chi connectivity index (χ2n) is 2.21. The van der Waals surface area contributed by atoms with E-state index >= 15 is 0 Å². The van der Waals surface area contributed by atoms with Crippen LogP contribution in [0.4, 0.5) is 0 Å². The molecule has 64 valence electrons. The molecule has 0 saturated heterocycles. The van der Waals surface area contributed by atoms with Crippen LogP contribution in [0.1, 0.15) is 19.8 Å². The highest BCUT2D eigenvalue weighted by atomic mass is 16.5. The van der Waals surface area contributed by atoms with Crippen molar-refractivity contribution in [3.8, 4) is 0 Å². The Morgan fingerprint density at radius 2 is 2.27 bits per heavy atom. The summed E-state index contributed by atoms with van der Waals surface area (Å²) in [5, 5.41) is 0. The lowest BCUT2D eigenvalue weighted by Gasteiger charge is -2.05. The molecular weight excluding hydrogens is 138 g/mol. The van der Waals surface area contributed by atoms with E-state index in [1.807, 2.05) is 19.1 Å². The van der Waals surface area contributed by atoms with Crippen LogP contribution in [-0.2, 0) is 4.74 Å². The molecule has 0 spiro atoms. The first-order valence-electron chi connectivity index (χ1n) is 3.94. The Morgan fingerprint density at radius 3 is 2.55 bits per heavy atom. The average molecular weight is 155 g/mol. The largest absolute Gasteiger partial charge is 0.501 e. The molecule has 0 unspecified atom stereocenters. The molecule has 1 aliphatic rings. The average Bonchev–Trinajstić information content (AvgIpc) is 2.08. The van der Waals surface area contributed by atoms with E-state index in [-0.39, 0.29) is 0 Å². The van der Waals surface area contributed by atoms with Crippen LogP contribution in [0.15, 0.2) is 24.0 Å². The first kappa shape index (κ1) is 10.2. The van der Waals surface area contributed by atoms with Crippen molar-refractivity contribution in [2.75, 3.05) is 13.7 Å². The molecule has 0 aliphatic heterocycles. The van der Waals surface area contributed by atoms with E-state index in [1.54, 1.807) is 7.11 Å². The van der Waals surface area contributed by atoms with Gasteiger partial charge in [0.05, 0.1) is 12.9 Å². The van der Waals surface area contributed by atoms with E-state index in [9.17, 15) is 0 Å². The molecule has 0 bridgehead atoms. The molecule has 2 nitrogen and oxygen atoms in total. The van der Waals surface area contributed by atoms with Gasteiger partial charge in [0, 0.05) is 6.42 Å². The Labute approximate surface area is 68.7 Å². The highest BCUT2D eigenvalue weighted by Crippen LogP contribution is 2.10. The van der Waals surface area contributed by atoms with Crippen LogP contribution < -0.4 is 5.73 Å². The Bertz CT molecular complexity index is 138. The van der Waals surface area contributed by atoms with E-state index in [2.05, 4.69) is 6.08 Å². The molecule has 11 heavy (non-hydrogen) atoms. The second-order valence-corrected chi connectivity index (χ2v) is 2.21. The van der Waals surface area contributed by atoms with E-state index < -0.39 is 0 Å². The summed E-state index contributed by atoms with van der Waals surface area (Å²) in [7, 11) is 1.71. The van der Waals surface area contributed by atoms with Gasteiger partial charge >= 0.3 is 0 Å². The molecule has 0 atom stereocenters. The fourth-order valence-corrected chi connectivity index (χ4v) is 0.751. The highest BCUT2D eigenvalue weighted by molar-refractivity contribution is 5.12. The zero-order valence-electron chi connectivity index (χ0n) is 7.34. The van der Waals surface area contributed by atoms with Crippen LogP contribution in [0.25, 0.3) is 0 Å². The number of hydrogen-bond acceptors (Lipinski definition) is 2. The third-order valence-electron chi connectivity index (χ3n) is 1.24. The monoisotopic (exact) mass is 155 g/mol. The lowest BCUT2D eigenvalue weighted by Crippen LogP contribution is -1.87. The zero-order valence-corrected chi connectivity index (χ0v) is 7.34. The van der Waals surface area contributed by atoms with Crippen molar-refractivity contribution in [1.82, 2.24) is 0 Å². The van der Waals surface area contributed by atoms with Crippen molar-refractivity contribution in [1.29, 1.82) is 0 Å². The molecule has 0 heterocycles. The number of methoxy groups -OCH3 is 1. The Balaban J connectivity index is 0.000000292. The van der Waals surface area contributed by atoms with Gasteiger partial charge in [-0.15, -0.1) is 0 Å². The number of ether oxygens (including phenoxy) is 1. The molecule has 0 fully saturated rings. The van der Waals surface area contributed by atoms with Crippen LogP contribution in [0, 0.1) is 0 Å². The summed E-state index contributed by atoms with van der Waals surface area (Å²) in [5.41, 5.74) is 4.85. The second kappa shape index (κ2) is 7.35. The minimum atomic E-state index is 0.750. The zero-order chi connectivity index (χ0) is 8.53. The topological polar surface area (TPSA) is 35.2 Å². The van der Waals surface area contributed by atoms with E-state index in [1.165, 1.54) is 0 Å². The van der Waals surface area contributed by atoms with Crippen LogP contribution >= 0.6 is 0 Å². The molecule has 1 rings (SSSR count). The molecule has 2 heteroatoms. The summed E-state index contributed by atoms with van der Waals surface area (Å²) >= 11 is 0. The summed E-state index contributed by atoms with van der Waals surface area (Å²) < 4.78 is 5.00. The van der Waals surface area contributed by atoms with Crippen LogP contribution in [0.5, 0.6) is 0 Å². The van der Waals surface area contributed by atoms with Crippen LogP contribution in [0.2, 0.25) is 0 Å². The third kappa shape index (κ3) is 5.67. The lowest BCUT2D eigenvalue weighted by atomic mass is 10.2. The minimum absolute atomic E-state index is 0.750. The van der Waals surface area contributed by atoms with Gasteiger partial charge in [0.2, 0.25) is 0 Å². The number of rotatable bonds is 1. The quantitative estimate of drug-likeness (QED) is 0.627. The normalized spacial score (nSPS) is 14.6. The number of nitrogens with two attached hydrogens (primary N) is 1. The van der Waals surface area contributed by atoms with E-state index in [0.717, 1.165) is 25.1 Å². The fraction of sp³-hybridized carbons (Fsp3) is 0.556. The number of allylic oxidation sites excluding steroid dienone is 4. The van der Waals surface area contributed by atoms with Crippen molar-refractivity contribution >= 4 is 0 Å². The minimum Gasteiger partial charge on any atom is -0.501 e. The molecule has 0 radical (unpaired) electrons. The molecule has 0 aromatic carbocycles. The van der Waals surface area contributed by atoms with Crippen molar-refractivity contribution in [3.05, 3.63) is 24.0 Å². The maximum absolute atomic E-state index is 5.00. The first-order valence-corrected chi connectivity index (χ1v) is 3.94. The van der Waals surface area contributed by atoms with Gasteiger partial charge in [0.15, 0.2) is 0 Å². The van der Waals surface area contributed by atoms with Crippen molar-refractivity contribution in [3.63, 3.8) is 0 Å². The summed E-state index contributed by atoms with van der Waals surface area (Å²) in [5.74, 6) is 1.09. The molecule has 2 N–H and O–H groups in total. The standard InChI is InChI=1S/C7H10O.C2H7N/c1-8-7-5-3-2-4-6-7;1-2-3/h2-3,5H,4,6H2,1H3;2-3H2,1H3. The molecule has 0 aromatic heterocycles. The molecular formula is C9H17NO. The van der Waals surface area contributed by atoms with Gasteiger partial charge in [-0.1, -0.05) is 19.1 Å². The maximum atomic E-state index is 5.00. The Kier molecular flexibility index (Phi) is 6.84. The van der Waals surface area contributed by atoms with E-state index in [4.69, 9.17) is 10.5 Å². The van der Waals surface area contributed by atoms with Gasteiger partial charge in [-0.2, -0.15) is 0 Å². The van der Waals surface area contributed by atoms with Crippen molar-refractivity contribution in [2.24, 2.45) is 5.73 Å². The Morgan fingerprint density at radius 1 is 1.64 bits per heavy atom. The number of hydrogen-bond donors (Lipinski definition) is 1. The summed E-state index contributed by atoms with van der Waals surface area (Å²) in [6, 6.07) is 0. The van der Waals surface area contributed by atoms with Gasteiger partial charge in [-0.25, -0.2) is 0 Å². The summed E-state index contributed by atoms with van der Waals surface area (Å²) in [6.45, 7) is 2.65. The third-order valence-corrected chi connectivity index (χ3v) is 1.24. The molecule has 0 aromatic rings. The SMILES string of the molecule is CCN.COC1=CC=CCC1. The van der Waals surface area contributed by atoms with Crippen molar-refractivity contribution < 1.29 is 4.74 Å². The van der Waals surface area contributed by atoms with Crippen LogP contribution in [-0.4, -0.2) is 13.7 Å². The highest BCUT2D eigenvalue weighted by Gasteiger charge is 1.94. The predicted molar refractivity (Wildman–Crippen MR) is 48.2 cm³/mol. The molecule has 0 amide bonds. The van der Waals surface area contributed by atoms with E-state index in [0.29, 0.717) is 0 Å². The van der Waals surface area contributed by atoms with Crippen LogP contribution in [0.3, 0.4) is 0 Å². The van der Waals surface area contributed by atoms with Gasteiger partial charge in [-0.05, 0) is 19.0 Å². The Hall–Kier alpha value is -0.760. The molecule has 0 saturated carbocycles. The smallest absolute Gasteiger partial charge is 0.0958 e. The lowest BCUT2D eigenvalue weighted by molar-refractivity contribution is 0.276. The predicted octanol–water partition coefficient (Wildman–Crippen LogP) is 1.83.